The van der Waals surface area contributed by atoms with E-state index in [1.807, 2.05) is 91.0 Å². The highest BCUT2D eigenvalue weighted by Crippen LogP contribution is 2.35. The summed E-state index contributed by atoms with van der Waals surface area (Å²) in [5, 5.41) is 0. The second kappa shape index (κ2) is 27.3. The molecule has 2 saturated heterocycles. The number of hydrogen-bond donors (Lipinski definition) is 0. The van der Waals surface area contributed by atoms with Crippen LogP contribution in [0.25, 0.3) is 0 Å². The molecule has 0 aliphatic carbocycles. The fourth-order valence-corrected chi connectivity index (χ4v) is 8.92. The lowest BCUT2D eigenvalue weighted by atomic mass is 9.96. The molecule has 0 spiro atoms. The summed E-state index contributed by atoms with van der Waals surface area (Å²) in [6.45, 7) is -0.109. The molecule has 0 bridgehead atoms. The standard InChI is InChI=1S/C62H58O15/c1-67-61-56(77-60(66)48-35-21-8-22-36-48)54(75-58(64)46-31-17-6-18-32-46)52(74-57(63)45-29-15-5-16-30-45)50(72-61)41-71-62-55(76-59(65)47-33-19-7-20-34-47)53(70-39-44-27-13-4-14-28-44)51(69-38-43-25-11-3-12-26-43)49(73-62)40-68-37-42-23-9-2-10-24-42/h2-36,49-56,61-62H,37-41H2,1H3/t49-,50-,51-,52-,53+,54+,55-,56-,61+,62-/m1/s1. The van der Waals surface area contributed by atoms with Gasteiger partial charge in [-0.05, 0) is 65.2 Å². The average molecular weight is 1040 g/mol. The van der Waals surface area contributed by atoms with Crippen molar-refractivity contribution < 1.29 is 71.3 Å². The quantitative estimate of drug-likeness (QED) is 0.0464. The fraction of sp³-hybridized carbons (Fsp3) is 0.258. The van der Waals surface area contributed by atoms with Crippen molar-refractivity contribution in [1.82, 2.24) is 0 Å². The van der Waals surface area contributed by atoms with Crippen LogP contribution >= 0.6 is 0 Å². The summed E-state index contributed by atoms with van der Waals surface area (Å²) in [5.41, 5.74) is 3.35. The van der Waals surface area contributed by atoms with Crippen LogP contribution in [0.2, 0.25) is 0 Å². The number of carbonyl (C=O) groups is 4. The summed E-state index contributed by atoms with van der Waals surface area (Å²) in [7, 11) is 1.33. The maximum absolute atomic E-state index is 14.3. The summed E-state index contributed by atoms with van der Waals surface area (Å²) in [4.78, 5) is 56.6. The Kier molecular flexibility index (Phi) is 19.1. The van der Waals surface area contributed by atoms with Gasteiger partial charge in [-0.25, -0.2) is 19.2 Å². The highest BCUT2D eigenvalue weighted by Gasteiger charge is 2.55. The molecule has 2 aliphatic heterocycles. The maximum atomic E-state index is 14.3. The van der Waals surface area contributed by atoms with Crippen LogP contribution < -0.4 is 0 Å². The third-order valence-corrected chi connectivity index (χ3v) is 12.8. The zero-order valence-electron chi connectivity index (χ0n) is 42.1. The van der Waals surface area contributed by atoms with E-state index in [4.69, 9.17) is 52.1 Å². The zero-order valence-corrected chi connectivity index (χ0v) is 42.1. The summed E-state index contributed by atoms with van der Waals surface area (Å²) >= 11 is 0. The molecule has 0 N–H and O–H groups in total. The molecule has 7 aromatic carbocycles. The zero-order chi connectivity index (χ0) is 53.2. The molecule has 15 nitrogen and oxygen atoms in total. The first-order valence-corrected chi connectivity index (χ1v) is 25.2. The van der Waals surface area contributed by atoms with Crippen LogP contribution in [0.5, 0.6) is 0 Å². The average Bonchev–Trinajstić information content (AvgIpc) is 3.51. The van der Waals surface area contributed by atoms with Gasteiger partial charge in [0, 0.05) is 7.11 Å². The van der Waals surface area contributed by atoms with E-state index in [1.54, 1.807) is 121 Å². The Morgan fingerprint density at radius 1 is 0.338 bits per heavy atom. The molecule has 0 radical (unpaired) electrons. The monoisotopic (exact) mass is 1040 g/mol. The minimum atomic E-state index is -1.58. The summed E-state index contributed by atoms with van der Waals surface area (Å²) in [5.74, 6) is -3.15. The van der Waals surface area contributed by atoms with Crippen molar-refractivity contribution in [3.63, 3.8) is 0 Å². The van der Waals surface area contributed by atoms with Gasteiger partial charge in [0.1, 0.15) is 24.4 Å². The molecule has 15 heteroatoms. The van der Waals surface area contributed by atoms with E-state index in [1.165, 1.54) is 7.11 Å². The van der Waals surface area contributed by atoms with E-state index in [0.29, 0.717) is 0 Å². The summed E-state index contributed by atoms with van der Waals surface area (Å²) < 4.78 is 71.2. The molecule has 77 heavy (non-hydrogen) atoms. The molecule has 0 saturated carbocycles. The SMILES string of the molecule is CO[C@H]1O[C@H](CO[C@@H]2O[C@H](COCc3ccccc3)[C@@H](OCc3ccccc3)[C@H](OCc3ccccc3)[C@H]2OC(=O)c2ccccc2)[C@@H](OC(=O)c2ccccc2)[C@H](OC(=O)c2ccccc2)[C@H]1OC(=O)c1ccccc1. The van der Waals surface area contributed by atoms with E-state index in [0.717, 1.165) is 16.7 Å². The minimum Gasteiger partial charge on any atom is -0.452 e. The Morgan fingerprint density at radius 2 is 0.662 bits per heavy atom. The first kappa shape index (κ1) is 53.9. The van der Waals surface area contributed by atoms with Crippen LogP contribution in [-0.4, -0.2) is 106 Å². The van der Waals surface area contributed by atoms with Crippen LogP contribution in [-0.2, 0) is 71.9 Å². The number of hydrogen-bond acceptors (Lipinski definition) is 15. The van der Waals surface area contributed by atoms with Gasteiger partial charge in [0.05, 0.1) is 55.3 Å². The molecule has 0 aromatic heterocycles. The molecule has 7 aromatic rings. The van der Waals surface area contributed by atoms with Crippen molar-refractivity contribution in [2.75, 3.05) is 20.3 Å². The second-order valence-corrected chi connectivity index (χ2v) is 18.1. The number of benzene rings is 7. The number of carbonyl (C=O) groups excluding carboxylic acids is 4. The molecule has 2 aliphatic rings. The van der Waals surface area contributed by atoms with Crippen LogP contribution in [0.4, 0.5) is 0 Å². The van der Waals surface area contributed by atoms with Gasteiger partial charge in [0.2, 0.25) is 0 Å². The molecule has 0 unspecified atom stereocenters. The molecule has 2 heterocycles. The predicted molar refractivity (Wildman–Crippen MR) is 279 cm³/mol. The topological polar surface area (TPSA) is 170 Å². The highest BCUT2D eigenvalue weighted by atomic mass is 16.8. The van der Waals surface area contributed by atoms with Crippen LogP contribution in [0.1, 0.15) is 58.1 Å². The fourth-order valence-electron chi connectivity index (χ4n) is 8.92. The third-order valence-electron chi connectivity index (χ3n) is 12.8. The molecular weight excluding hydrogens is 985 g/mol. The van der Waals surface area contributed by atoms with Gasteiger partial charge in [-0.1, -0.05) is 164 Å². The van der Waals surface area contributed by atoms with Gasteiger partial charge in [0.25, 0.3) is 0 Å². The minimum absolute atomic E-state index is 0.0340. The largest absolute Gasteiger partial charge is 0.452 e. The number of esters is 4. The molecule has 10 atom stereocenters. The van der Waals surface area contributed by atoms with Crippen LogP contribution in [0, 0.1) is 0 Å². The van der Waals surface area contributed by atoms with E-state index < -0.39 is 91.9 Å². The van der Waals surface area contributed by atoms with Crippen LogP contribution in [0.15, 0.2) is 212 Å². The van der Waals surface area contributed by atoms with Crippen molar-refractivity contribution in [3.8, 4) is 0 Å². The molecule has 2 fully saturated rings. The van der Waals surface area contributed by atoms with Gasteiger partial charge in [-0.3, -0.25) is 0 Å². The number of methoxy groups -OCH3 is 1. The van der Waals surface area contributed by atoms with E-state index in [-0.39, 0.29) is 48.7 Å². The van der Waals surface area contributed by atoms with Gasteiger partial charge < -0.3 is 52.1 Å². The molecule has 396 valence electrons. The Bertz CT molecular complexity index is 2920. The Hall–Kier alpha value is -7.86. The lowest BCUT2D eigenvalue weighted by Crippen LogP contribution is -2.64. The number of ether oxygens (including phenoxy) is 11. The Morgan fingerprint density at radius 3 is 1.08 bits per heavy atom. The van der Waals surface area contributed by atoms with Crippen molar-refractivity contribution in [1.29, 1.82) is 0 Å². The van der Waals surface area contributed by atoms with Crippen molar-refractivity contribution in [2.24, 2.45) is 0 Å². The second-order valence-electron chi connectivity index (χ2n) is 18.1. The van der Waals surface area contributed by atoms with Gasteiger partial charge in [-0.2, -0.15) is 0 Å². The maximum Gasteiger partial charge on any atom is 0.338 e. The normalized spacial score (nSPS) is 23.0. The first-order valence-electron chi connectivity index (χ1n) is 25.2. The lowest BCUT2D eigenvalue weighted by molar-refractivity contribution is -0.335. The predicted octanol–water partition coefficient (Wildman–Crippen LogP) is 9.39. The van der Waals surface area contributed by atoms with Gasteiger partial charge >= 0.3 is 23.9 Å². The molecular formula is C62H58O15. The smallest absolute Gasteiger partial charge is 0.338 e. The van der Waals surface area contributed by atoms with Crippen molar-refractivity contribution in [2.45, 2.75) is 81.2 Å². The summed E-state index contributed by atoms with van der Waals surface area (Å²) in [6.07, 6.45) is -13.2. The van der Waals surface area contributed by atoms with Gasteiger partial charge in [0.15, 0.2) is 37.0 Å². The van der Waals surface area contributed by atoms with Crippen LogP contribution in [0.3, 0.4) is 0 Å². The Balaban J connectivity index is 1.10. The van der Waals surface area contributed by atoms with E-state index in [9.17, 15) is 19.2 Å². The Labute approximate surface area is 446 Å². The molecule has 9 rings (SSSR count). The van der Waals surface area contributed by atoms with Crippen molar-refractivity contribution >= 4 is 23.9 Å². The van der Waals surface area contributed by atoms with Crippen molar-refractivity contribution in [3.05, 3.63) is 251 Å². The highest BCUT2D eigenvalue weighted by molar-refractivity contribution is 5.91. The summed E-state index contributed by atoms with van der Waals surface area (Å²) in [6, 6.07) is 61.7. The van der Waals surface area contributed by atoms with E-state index in [2.05, 4.69) is 0 Å². The third kappa shape index (κ3) is 14.5. The van der Waals surface area contributed by atoms with Gasteiger partial charge in [-0.15, -0.1) is 0 Å². The number of rotatable bonds is 22. The molecule has 0 amide bonds. The first-order chi connectivity index (χ1) is 37.8. The van der Waals surface area contributed by atoms with E-state index >= 15 is 0 Å². The lowest BCUT2D eigenvalue weighted by Gasteiger charge is -2.47.